The van der Waals surface area contributed by atoms with Crippen molar-refractivity contribution >= 4 is 0 Å². The van der Waals surface area contributed by atoms with Gasteiger partial charge in [-0.1, -0.05) is 12.1 Å². The van der Waals surface area contributed by atoms with E-state index in [2.05, 4.69) is 22.3 Å². The molecule has 1 aliphatic rings. The Morgan fingerprint density at radius 1 is 0.806 bits per heavy atom. The molecule has 7 heteroatoms. The fraction of sp³-hybridized carbons (Fsp3) is 0.500. The van der Waals surface area contributed by atoms with E-state index in [9.17, 15) is 0 Å². The summed E-state index contributed by atoms with van der Waals surface area (Å²) in [6, 6.07) is 12.2. The molecule has 2 aromatic carbocycles. The van der Waals surface area contributed by atoms with Crippen molar-refractivity contribution in [2.75, 3.05) is 48.6 Å². The number of benzene rings is 2. The Bertz CT molecular complexity index is 787. The largest absolute Gasteiger partial charge is 0.497 e. The highest BCUT2D eigenvalue weighted by Crippen LogP contribution is 2.31. The Hall–Kier alpha value is -2.48. The van der Waals surface area contributed by atoms with Gasteiger partial charge in [-0.05, 0) is 25.1 Å². The lowest BCUT2D eigenvalue weighted by Crippen LogP contribution is -2.53. The predicted octanol–water partition coefficient (Wildman–Crippen LogP) is 3.10. The van der Waals surface area contributed by atoms with Gasteiger partial charge in [0, 0.05) is 56.0 Å². The number of piperidine rings is 1. The summed E-state index contributed by atoms with van der Waals surface area (Å²) in [5.41, 5.74) is 2.20. The van der Waals surface area contributed by atoms with Gasteiger partial charge >= 0.3 is 0 Å². The van der Waals surface area contributed by atoms with Gasteiger partial charge in [0.2, 0.25) is 0 Å². The molecule has 31 heavy (non-hydrogen) atoms. The van der Waals surface area contributed by atoms with Crippen LogP contribution >= 0.6 is 0 Å². The topological polar surface area (TPSA) is 61.4 Å². The summed E-state index contributed by atoms with van der Waals surface area (Å²) in [5.74, 6) is 3.18. The predicted molar refractivity (Wildman–Crippen MR) is 120 cm³/mol. The van der Waals surface area contributed by atoms with Gasteiger partial charge < -0.3 is 29.0 Å². The van der Waals surface area contributed by atoms with Crippen LogP contribution in [0.1, 0.15) is 17.5 Å². The lowest BCUT2D eigenvalue weighted by Gasteiger charge is -2.40. The zero-order chi connectivity index (χ0) is 22.2. The standard InChI is InChI=1S/C24H34N2O5/c1-27-19-8-6-17(22(12-19)29-3)15-26(21-10-11-25-14-24(21)31-5)16-18-7-9-20(28-2)13-23(18)30-4/h6-9,12-13,21,24-25H,10-11,14-16H2,1-5H3/t21-,24-/m0/s1. The number of hydrogen-bond donors (Lipinski definition) is 1. The normalized spacial score (nSPS) is 18.6. The number of nitrogens with zero attached hydrogens (tertiary/aromatic N) is 1. The SMILES string of the molecule is COc1ccc(CN(Cc2ccc(OC)cc2OC)[C@H]2CCNC[C@@H]2OC)c(OC)c1. The van der Waals surface area contributed by atoms with E-state index >= 15 is 0 Å². The molecule has 0 saturated carbocycles. The minimum Gasteiger partial charge on any atom is -0.497 e. The first-order valence-corrected chi connectivity index (χ1v) is 10.5. The van der Waals surface area contributed by atoms with Crippen molar-refractivity contribution in [2.24, 2.45) is 0 Å². The molecule has 0 radical (unpaired) electrons. The van der Waals surface area contributed by atoms with Crippen LogP contribution < -0.4 is 24.3 Å². The van der Waals surface area contributed by atoms with Gasteiger partial charge in [0.25, 0.3) is 0 Å². The van der Waals surface area contributed by atoms with E-state index < -0.39 is 0 Å². The molecule has 170 valence electrons. The first-order chi connectivity index (χ1) is 15.1. The van der Waals surface area contributed by atoms with E-state index in [1.165, 1.54) is 0 Å². The third-order valence-electron chi connectivity index (χ3n) is 5.90. The van der Waals surface area contributed by atoms with Gasteiger partial charge in [0.15, 0.2) is 0 Å². The number of rotatable bonds is 10. The summed E-state index contributed by atoms with van der Waals surface area (Å²) < 4.78 is 27.9. The van der Waals surface area contributed by atoms with Gasteiger partial charge in [-0.3, -0.25) is 4.90 Å². The quantitative estimate of drug-likeness (QED) is 0.621. The molecule has 2 atom stereocenters. The van der Waals surface area contributed by atoms with Crippen LogP contribution in [0, 0.1) is 0 Å². The van der Waals surface area contributed by atoms with Crippen molar-refractivity contribution in [1.82, 2.24) is 10.2 Å². The Morgan fingerprint density at radius 3 is 1.81 bits per heavy atom. The van der Waals surface area contributed by atoms with Crippen molar-refractivity contribution in [2.45, 2.75) is 31.7 Å². The first-order valence-electron chi connectivity index (χ1n) is 10.5. The summed E-state index contributed by atoms with van der Waals surface area (Å²) in [5, 5.41) is 3.44. The molecule has 1 fully saturated rings. The maximum Gasteiger partial charge on any atom is 0.127 e. The molecule has 0 aliphatic carbocycles. The molecule has 1 N–H and O–H groups in total. The number of hydrogen-bond acceptors (Lipinski definition) is 7. The molecule has 1 heterocycles. The van der Waals surface area contributed by atoms with E-state index in [1.54, 1.807) is 35.5 Å². The molecule has 2 aromatic rings. The van der Waals surface area contributed by atoms with Crippen molar-refractivity contribution < 1.29 is 23.7 Å². The van der Waals surface area contributed by atoms with E-state index in [4.69, 9.17) is 23.7 Å². The summed E-state index contributed by atoms with van der Waals surface area (Å²) in [4.78, 5) is 2.45. The number of nitrogens with one attached hydrogen (secondary N) is 1. The number of ether oxygens (including phenoxy) is 5. The number of methoxy groups -OCH3 is 5. The molecular weight excluding hydrogens is 396 g/mol. The zero-order valence-electron chi connectivity index (χ0n) is 19.1. The first kappa shape index (κ1) is 23.2. The summed E-state index contributed by atoms with van der Waals surface area (Å²) in [6.45, 7) is 3.22. The van der Waals surface area contributed by atoms with Gasteiger partial charge in [-0.2, -0.15) is 0 Å². The lowest BCUT2D eigenvalue weighted by molar-refractivity contribution is -0.00964. The highest BCUT2D eigenvalue weighted by molar-refractivity contribution is 5.42. The van der Waals surface area contributed by atoms with Crippen molar-refractivity contribution in [1.29, 1.82) is 0 Å². The average Bonchev–Trinajstić information content (AvgIpc) is 2.83. The van der Waals surface area contributed by atoms with E-state index in [-0.39, 0.29) is 12.1 Å². The Kier molecular flexibility index (Phi) is 8.40. The Morgan fingerprint density at radius 2 is 1.35 bits per heavy atom. The maximum atomic E-state index is 5.84. The minimum atomic E-state index is 0.0993. The van der Waals surface area contributed by atoms with Crippen LogP contribution in [0.3, 0.4) is 0 Å². The molecule has 0 bridgehead atoms. The highest BCUT2D eigenvalue weighted by atomic mass is 16.5. The highest BCUT2D eigenvalue weighted by Gasteiger charge is 2.31. The molecule has 0 aromatic heterocycles. The fourth-order valence-corrected chi connectivity index (χ4v) is 4.17. The van der Waals surface area contributed by atoms with Gasteiger partial charge in [0.05, 0.1) is 34.5 Å². The molecular formula is C24H34N2O5. The third-order valence-corrected chi connectivity index (χ3v) is 5.90. The van der Waals surface area contributed by atoms with Crippen LogP contribution in [-0.2, 0) is 17.8 Å². The van der Waals surface area contributed by atoms with E-state index in [1.807, 2.05) is 24.3 Å². The summed E-state index contributed by atoms with van der Waals surface area (Å²) in [6.07, 6.45) is 1.09. The summed E-state index contributed by atoms with van der Waals surface area (Å²) in [7, 11) is 8.49. The lowest BCUT2D eigenvalue weighted by atomic mass is 9.99. The van der Waals surface area contributed by atoms with Crippen LogP contribution in [0.15, 0.2) is 36.4 Å². The van der Waals surface area contributed by atoms with Crippen LogP contribution in [-0.4, -0.2) is 65.7 Å². The van der Waals surface area contributed by atoms with Crippen molar-refractivity contribution in [3.8, 4) is 23.0 Å². The van der Waals surface area contributed by atoms with Crippen LogP contribution in [0.25, 0.3) is 0 Å². The molecule has 1 aliphatic heterocycles. The Labute approximate surface area is 185 Å². The van der Waals surface area contributed by atoms with E-state index in [0.29, 0.717) is 13.1 Å². The third kappa shape index (κ3) is 5.61. The zero-order valence-corrected chi connectivity index (χ0v) is 19.1. The second kappa shape index (κ2) is 11.2. The molecule has 0 unspecified atom stereocenters. The molecule has 1 saturated heterocycles. The second-order valence-electron chi connectivity index (χ2n) is 7.59. The Balaban J connectivity index is 1.94. The van der Waals surface area contributed by atoms with Crippen LogP contribution in [0.5, 0.6) is 23.0 Å². The maximum absolute atomic E-state index is 5.84. The van der Waals surface area contributed by atoms with Gasteiger partial charge in [-0.15, -0.1) is 0 Å². The molecule has 0 amide bonds. The van der Waals surface area contributed by atoms with Gasteiger partial charge in [0.1, 0.15) is 23.0 Å². The average molecular weight is 431 g/mol. The molecule has 7 nitrogen and oxygen atoms in total. The summed E-state index contributed by atoms with van der Waals surface area (Å²) >= 11 is 0. The van der Waals surface area contributed by atoms with Crippen LogP contribution in [0.4, 0.5) is 0 Å². The molecule has 3 rings (SSSR count). The monoisotopic (exact) mass is 430 g/mol. The second-order valence-corrected chi connectivity index (χ2v) is 7.59. The smallest absolute Gasteiger partial charge is 0.127 e. The van der Waals surface area contributed by atoms with E-state index in [0.717, 1.165) is 53.6 Å². The van der Waals surface area contributed by atoms with Gasteiger partial charge in [-0.25, -0.2) is 0 Å². The molecule has 0 spiro atoms. The van der Waals surface area contributed by atoms with Crippen molar-refractivity contribution in [3.63, 3.8) is 0 Å². The van der Waals surface area contributed by atoms with Crippen LogP contribution in [0.2, 0.25) is 0 Å². The van der Waals surface area contributed by atoms with Crippen molar-refractivity contribution in [3.05, 3.63) is 47.5 Å². The minimum absolute atomic E-state index is 0.0993. The fourth-order valence-electron chi connectivity index (χ4n) is 4.17.